The van der Waals surface area contributed by atoms with Crippen LogP contribution in [0, 0.1) is 5.92 Å². The summed E-state index contributed by atoms with van der Waals surface area (Å²) in [6.45, 7) is 7.45. The second-order valence-corrected chi connectivity index (χ2v) is 6.75. The first-order valence-corrected chi connectivity index (χ1v) is 8.22. The molecule has 0 spiro atoms. The average molecular weight is 345 g/mol. The van der Waals surface area contributed by atoms with Crippen molar-refractivity contribution in [1.29, 1.82) is 0 Å². The number of likely N-dealkylation sites (tertiary alicyclic amines) is 2. The number of benzene rings is 1. The Bertz CT molecular complexity index is 434. The predicted molar refractivity (Wildman–Crippen MR) is 99.3 cm³/mol. The van der Waals surface area contributed by atoms with Gasteiger partial charge in [0.15, 0.2) is 0 Å². The molecule has 0 aliphatic carbocycles. The lowest BCUT2D eigenvalue weighted by atomic mass is 9.72. The summed E-state index contributed by atoms with van der Waals surface area (Å²) >= 11 is 0. The van der Waals surface area contributed by atoms with Crippen LogP contribution in [0.2, 0.25) is 0 Å². The van der Waals surface area contributed by atoms with Gasteiger partial charge in [0.05, 0.1) is 5.54 Å². The number of nitrogens with zero attached hydrogens (tertiary/aromatic N) is 2. The molecule has 0 radical (unpaired) electrons. The highest BCUT2D eigenvalue weighted by molar-refractivity contribution is 5.85. The molecule has 0 bridgehead atoms. The van der Waals surface area contributed by atoms with Gasteiger partial charge in [0.25, 0.3) is 0 Å². The lowest BCUT2D eigenvalue weighted by molar-refractivity contribution is -0.0314. The van der Waals surface area contributed by atoms with Crippen molar-refractivity contribution in [3.63, 3.8) is 0 Å². The Hall–Kier alpha value is -0.280. The van der Waals surface area contributed by atoms with Gasteiger partial charge in [-0.25, -0.2) is 0 Å². The van der Waals surface area contributed by atoms with Crippen LogP contribution in [0.15, 0.2) is 30.3 Å². The number of halogens is 2. The molecule has 4 heteroatoms. The molecule has 0 N–H and O–H groups in total. The SMILES string of the molecule is CC1CN(C)CCC1(c1ccccc1)N1CCCCC1.Cl.Cl. The number of hydrogen-bond donors (Lipinski definition) is 0. The van der Waals surface area contributed by atoms with E-state index in [-0.39, 0.29) is 30.4 Å². The van der Waals surface area contributed by atoms with E-state index in [0.29, 0.717) is 5.92 Å². The van der Waals surface area contributed by atoms with E-state index in [1.54, 1.807) is 5.56 Å². The summed E-state index contributed by atoms with van der Waals surface area (Å²) in [6.07, 6.45) is 5.43. The summed E-state index contributed by atoms with van der Waals surface area (Å²) in [5.41, 5.74) is 1.82. The van der Waals surface area contributed by atoms with E-state index in [0.717, 1.165) is 0 Å². The molecule has 2 aliphatic rings. The summed E-state index contributed by atoms with van der Waals surface area (Å²) in [4.78, 5) is 5.30. The highest BCUT2D eigenvalue weighted by Crippen LogP contribution is 2.43. The zero-order chi connectivity index (χ0) is 14.0. The average Bonchev–Trinajstić information content (AvgIpc) is 2.50. The molecule has 2 unspecified atom stereocenters. The van der Waals surface area contributed by atoms with E-state index in [1.165, 1.54) is 51.9 Å². The molecule has 3 rings (SSSR count). The molecule has 0 amide bonds. The Balaban J connectivity index is 0.00000121. The molecule has 1 aromatic carbocycles. The summed E-state index contributed by atoms with van der Waals surface area (Å²) < 4.78 is 0. The maximum Gasteiger partial charge on any atom is 0.0510 e. The van der Waals surface area contributed by atoms with Gasteiger partial charge in [-0.1, -0.05) is 43.7 Å². The quantitative estimate of drug-likeness (QED) is 0.793. The van der Waals surface area contributed by atoms with Crippen LogP contribution in [0.25, 0.3) is 0 Å². The van der Waals surface area contributed by atoms with Crippen LogP contribution in [-0.2, 0) is 5.54 Å². The maximum atomic E-state index is 2.81. The van der Waals surface area contributed by atoms with Gasteiger partial charge in [0.1, 0.15) is 0 Å². The zero-order valence-corrected chi connectivity index (χ0v) is 15.5. The van der Waals surface area contributed by atoms with Crippen molar-refractivity contribution in [2.75, 3.05) is 33.2 Å². The Morgan fingerprint density at radius 1 is 0.955 bits per heavy atom. The topological polar surface area (TPSA) is 6.48 Å². The Kier molecular flexibility index (Phi) is 7.67. The summed E-state index contributed by atoms with van der Waals surface area (Å²) in [6, 6.07) is 11.3. The van der Waals surface area contributed by atoms with Crippen molar-refractivity contribution in [3.8, 4) is 0 Å². The van der Waals surface area contributed by atoms with Gasteiger partial charge < -0.3 is 4.90 Å². The lowest BCUT2D eigenvalue weighted by Crippen LogP contribution is -2.58. The van der Waals surface area contributed by atoms with Crippen molar-refractivity contribution in [2.24, 2.45) is 5.92 Å². The molecular formula is C18H30Cl2N2. The molecule has 2 heterocycles. The third kappa shape index (κ3) is 3.62. The van der Waals surface area contributed by atoms with Gasteiger partial charge in [-0.3, -0.25) is 4.90 Å². The third-order valence-corrected chi connectivity index (χ3v) is 5.47. The normalized spacial score (nSPS) is 30.2. The molecule has 1 aromatic rings. The summed E-state index contributed by atoms with van der Waals surface area (Å²) in [7, 11) is 2.27. The van der Waals surface area contributed by atoms with Crippen LogP contribution in [0.5, 0.6) is 0 Å². The molecule has 126 valence electrons. The van der Waals surface area contributed by atoms with Crippen molar-refractivity contribution in [3.05, 3.63) is 35.9 Å². The molecular weight excluding hydrogens is 315 g/mol. The van der Waals surface area contributed by atoms with Gasteiger partial charge in [-0.05, 0) is 57.4 Å². The molecule has 2 nitrogen and oxygen atoms in total. The van der Waals surface area contributed by atoms with E-state index in [1.807, 2.05) is 0 Å². The van der Waals surface area contributed by atoms with Gasteiger partial charge in [-0.2, -0.15) is 0 Å². The smallest absolute Gasteiger partial charge is 0.0510 e. The standard InChI is InChI=1S/C18H28N2.2ClH/c1-16-15-19(2)14-11-18(16,17-9-5-3-6-10-17)20-12-7-4-8-13-20;;/h3,5-6,9-10,16H,4,7-8,11-15H2,1-2H3;2*1H. The van der Waals surface area contributed by atoms with Crippen molar-refractivity contribution >= 4 is 24.8 Å². The van der Waals surface area contributed by atoms with Crippen LogP contribution in [-0.4, -0.2) is 43.0 Å². The lowest BCUT2D eigenvalue weighted by Gasteiger charge is -2.54. The number of piperidine rings is 2. The summed E-state index contributed by atoms with van der Waals surface area (Å²) in [5, 5.41) is 0. The molecule has 2 fully saturated rings. The fourth-order valence-electron chi connectivity index (χ4n) is 4.42. The van der Waals surface area contributed by atoms with Crippen LogP contribution < -0.4 is 0 Å². The van der Waals surface area contributed by atoms with Crippen LogP contribution in [0.4, 0.5) is 0 Å². The van der Waals surface area contributed by atoms with E-state index >= 15 is 0 Å². The monoisotopic (exact) mass is 344 g/mol. The molecule has 2 atom stereocenters. The van der Waals surface area contributed by atoms with E-state index in [4.69, 9.17) is 0 Å². The first-order valence-electron chi connectivity index (χ1n) is 8.22. The summed E-state index contributed by atoms with van der Waals surface area (Å²) in [5.74, 6) is 0.696. The highest BCUT2D eigenvalue weighted by Gasteiger charge is 2.45. The van der Waals surface area contributed by atoms with Crippen molar-refractivity contribution < 1.29 is 0 Å². The van der Waals surface area contributed by atoms with Crippen LogP contribution in [0.1, 0.15) is 38.2 Å². The maximum absolute atomic E-state index is 2.81. The second kappa shape index (κ2) is 8.54. The fraction of sp³-hybridized carbons (Fsp3) is 0.667. The van der Waals surface area contributed by atoms with E-state index in [2.05, 4.69) is 54.1 Å². The van der Waals surface area contributed by atoms with E-state index in [9.17, 15) is 0 Å². The van der Waals surface area contributed by atoms with Crippen LogP contribution >= 0.6 is 24.8 Å². The van der Waals surface area contributed by atoms with E-state index < -0.39 is 0 Å². The minimum atomic E-state index is 0. The Labute approximate surface area is 148 Å². The van der Waals surface area contributed by atoms with Gasteiger partial charge in [0, 0.05) is 6.54 Å². The second-order valence-electron chi connectivity index (χ2n) is 6.75. The molecule has 2 aliphatic heterocycles. The minimum Gasteiger partial charge on any atom is -0.306 e. The number of rotatable bonds is 2. The molecule has 2 saturated heterocycles. The van der Waals surface area contributed by atoms with Gasteiger partial charge in [0.2, 0.25) is 0 Å². The third-order valence-electron chi connectivity index (χ3n) is 5.47. The number of hydrogen-bond acceptors (Lipinski definition) is 2. The van der Waals surface area contributed by atoms with Crippen molar-refractivity contribution in [1.82, 2.24) is 9.80 Å². The molecule has 0 aromatic heterocycles. The first kappa shape index (κ1) is 19.8. The van der Waals surface area contributed by atoms with Crippen molar-refractivity contribution in [2.45, 2.75) is 38.1 Å². The molecule has 0 saturated carbocycles. The predicted octanol–water partition coefficient (Wildman–Crippen LogP) is 4.18. The fourth-order valence-corrected chi connectivity index (χ4v) is 4.42. The first-order chi connectivity index (χ1) is 9.73. The van der Waals surface area contributed by atoms with Gasteiger partial charge in [-0.15, -0.1) is 24.8 Å². The highest BCUT2D eigenvalue weighted by atomic mass is 35.5. The van der Waals surface area contributed by atoms with Crippen LogP contribution in [0.3, 0.4) is 0 Å². The molecule has 22 heavy (non-hydrogen) atoms. The largest absolute Gasteiger partial charge is 0.306 e. The minimum absolute atomic E-state index is 0. The zero-order valence-electron chi connectivity index (χ0n) is 13.8. The van der Waals surface area contributed by atoms with Gasteiger partial charge >= 0.3 is 0 Å². The Morgan fingerprint density at radius 2 is 1.59 bits per heavy atom. The Morgan fingerprint density at radius 3 is 2.18 bits per heavy atom.